The van der Waals surface area contributed by atoms with Crippen LogP contribution in [0.5, 0.6) is 0 Å². The first-order chi connectivity index (χ1) is 11.7. The summed E-state index contributed by atoms with van der Waals surface area (Å²) in [6.07, 6.45) is 7.29. The fourth-order valence-corrected chi connectivity index (χ4v) is 3.06. The van der Waals surface area contributed by atoms with Crippen molar-refractivity contribution in [2.75, 3.05) is 27.2 Å². The second-order valence-electron chi connectivity index (χ2n) is 6.33. The summed E-state index contributed by atoms with van der Waals surface area (Å²) in [5.41, 5.74) is 1.83. The van der Waals surface area contributed by atoms with Gasteiger partial charge in [0.2, 0.25) is 0 Å². The number of pyridine rings is 1. The molecule has 1 aliphatic rings. The van der Waals surface area contributed by atoms with Gasteiger partial charge in [0.25, 0.3) is 0 Å². The molecule has 7 nitrogen and oxygen atoms in total. The Kier molecular flexibility index (Phi) is 4.99. The zero-order chi connectivity index (χ0) is 17.1. The van der Waals surface area contributed by atoms with Crippen molar-refractivity contribution in [3.63, 3.8) is 0 Å². The lowest BCUT2D eigenvalue weighted by Gasteiger charge is -2.21. The molecule has 2 aromatic heterocycles. The Morgan fingerprint density at radius 3 is 2.88 bits per heavy atom. The highest BCUT2D eigenvalue weighted by molar-refractivity contribution is 5.84. The van der Waals surface area contributed by atoms with Gasteiger partial charge in [0, 0.05) is 39.5 Å². The molecule has 1 saturated carbocycles. The topological polar surface area (TPSA) is 75.7 Å². The lowest BCUT2D eigenvalue weighted by Crippen LogP contribution is -2.35. The lowest BCUT2D eigenvalue weighted by molar-refractivity contribution is 0.278. The minimum Gasteiger partial charge on any atom is -0.396 e. The number of amidine groups is 1. The largest absolute Gasteiger partial charge is 0.396 e. The summed E-state index contributed by atoms with van der Waals surface area (Å²) in [5.74, 6) is 0.855. The van der Waals surface area contributed by atoms with Gasteiger partial charge >= 0.3 is 5.69 Å². The van der Waals surface area contributed by atoms with E-state index < -0.39 is 0 Å². The van der Waals surface area contributed by atoms with Crippen LogP contribution in [0.4, 0.5) is 0 Å². The highest BCUT2D eigenvalue weighted by Gasteiger charge is 2.29. The van der Waals surface area contributed by atoms with Crippen molar-refractivity contribution < 1.29 is 5.11 Å². The maximum atomic E-state index is 12.9. The maximum Gasteiger partial charge on any atom is 0.329 e. The molecule has 0 atom stereocenters. The van der Waals surface area contributed by atoms with E-state index >= 15 is 0 Å². The molecule has 24 heavy (non-hydrogen) atoms. The van der Waals surface area contributed by atoms with Crippen molar-refractivity contribution in [3.05, 3.63) is 28.9 Å². The molecular formula is C17H25N5O2. The second-order valence-corrected chi connectivity index (χ2v) is 6.33. The van der Waals surface area contributed by atoms with Gasteiger partial charge in [0.15, 0.2) is 0 Å². The summed E-state index contributed by atoms with van der Waals surface area (Å²) >= 11 is 0. The van der Waals surface area contributed by atoms with E-state index in [2.05, 4.69) is 14.9 Å². The molecule has 2 aromatic rings. The number of unbranched alkanes of at least 4 members (excludes halogenated alkanes) is 1. The van der Waals surface area contributed by atoms with Crippen LogP contribution in [0.3, 0.4) is 0 Å². The van der Waals surface area contributed by atoms with Gasteiger partial charge in [-0.05, 0) is 31.7 Å². The summed E-state index contributed by atoms with van der Waals surface area (Å²) in [4.78, 5) is 23.5. The van der Waals surface area contributed by atoms with Crippen LogP contribution in [-0.4, -0.2) is 57.2 Å². The number of fused-ring (bicyclic) bond motifs is 1. The quantitative estimate of drug-likeness (QED) is 0.471. The monoisotopic (exact) mass is 331 g/mol. The molecule has 0 radical (unpaired) electrons. The van der Waals surface area contributed by atoms with Gasteiger partial charge in [-0.15, -0.1) is 0 Å². The zero-order valence-electron chi connectivity index (χ0n) is 14.4. The number of aliphatic hydroxyl groups is 1. The number of imidazole rings is 1. The Morgan fingerprint density at radius 2 is 2.21 bits per heavy atom. The third-order valence-electron chi connectivity index (χ3n) is 4.58. The van der Waals surface area contributed by atoms with Crippen LogP contribution < -0.4 is 5.69 Å². The number of aliphatic imine (C=N–C) groups is 1. The van der Waals surface area contributed by atoms with E-state index in [4.69, 9.17) is 5.11 Å². The molecule has 0 unspecified atom stereocenters. The SMILES string of the molecule is CN=C(Cn1c(=O)n(C2CC2)c2ccncc21)N(C)CCCCO. The van der Waals surface area contributed by atoms with Gasteiger partial charge in [0.1, 0.15) is 5.84 Å². The third kappa shape index (κ3) is 3.21. The third-order valence-corrected chi connectivity index (χ3v) is 4.58. The molecule has 1 fully saturated rings. The van der Waals surface area contributed by atoms with Crippen LogP contribution in [0.15, 0.2) is 28.2 Å². The van der Waals surface area contributed by atoms with Crippen LogP contribution in [0, 0.1) is 0 Å². The molecule has 130 valence electrons. The van der Waals surface area contributed by atoms with Crippen molar-refractivity contribution in [1.29, 1.82) is 0 Å². The van der Waals surface area contributed by atoms with Gasteiger partial charge in [-0.25, -0.2) is 4.79 Å². The van der Waals surface area contributed by atoms with Crippen molar-refractivity contribution in [1.82, 2.24) is 19.0 Å². The molecule has 1 N–H and O–H groups in total. The normalized spacial score (nSPS) is 15.2. The first-order valence-corrected chi connectivity index (χ1v) is 8.49. The Labute approximate surface area is 141 Å². The number of rotatable bonds is 7. The van der Waals surface area contributed by atoms with Crippen molar-refractivity contribution >= 4 is 16.9 Å². The van der Waals surface area contributed by atoms with Crippen molar-refractivity contribution in [3.8, 4) is 0 Å². The van der Waals surface area contributed by atoms with E-state index in [9.17, 15) is 4.79 Å². The van der Waals surface area contributed by atoms with Crippen LogP contribution in [0.25, 0.3) is 11.0 Å². The van der Waals surface area contributed by atoms with E-state index in [1.807, 2.05) is 17.7 Å². The molecule has 0 saturated heterocycles. The first kappa shape index (κ1) is 16.7. The number of hydrogen-bond donors (Lipinski definition) is 1. The predicted molar refractivity (Wildman–Crippen MR) is 94.6 cm³/mol. The number of nitrogens with zero attached hydrogens (tertiary/aromatic N) is 5. The average Bonchev–Trinajstić information content (AvgIpc) is 3.38. The molecule has 0 aliphatic heterocycles. The number of likely N-dealkylation sites (N-methyl/N-ethyl adjacent to an activating group) is 1. The summed E-state index contributed by atoms with van der Waals surface area (Å²) < 4.78 is 3.67. The lowest BCUT2D eigenvalue weighted by atomic mass is 10.3. The van der Waals surface area contributed by atoms with Gasteiger partial charge in [0.05, 0.1) is 23.8 Å². The minimum absolute atomic E-state index is 0.0189. The smallest absolute Gasteiger partial charge is 0.329 e. The van der Waals surface area contributed by atoms with Crippen LogP contribution in [0.1, 0.15) is 31.7 Å². The van der Waals surface area contributed by atoms with Crippen LogP contribution >= 0.6 is 0 Å². The van der Waals surface area contributed by atoms with E-state index in [0.717, 1.165) is 49.1 Å². The standard InChI is InChI=1S/C17H25N5O2/c1-18-16(20(2)9-3-4-10-23)12-21-15-11-19-8-7-14(15)22(17(21)24)13-5-6-13/h7-8,11,13,23H,3-6,9-10,12H2,1-2H3. The molecule has 0 bridgehead atoms. The summed E-state index contributed by atoms with van der Waals surface area (Å²) in [5, 5.41) is 8.92. The maximum absolute atomic E-state index is 12.9. The predicted octanol–water partition coefficient (Wildman–Crippen LogP) is 1.27. The van der Waals surface area contributed by atoms with Gasteiger partial charge < -0.3 is 10.0 Å². The number of hydrogen-bond acceptors (Lipinski definition) is 4. The highest BCUT2D eigenvalue weighted by Crippen LogP contribution is 2.35. The molecule has 0 spiro atoms. The molecule has 7 heteroatoms. The Morgan fingerprint density at radius 1 is 1.42 bits per heavy atom. The highest BCUT2D eigenvalue weighted by atomic mass is 16.2. The fourth-order valence-electron chi connectivity index (χ4n) is 3.06. The fraction of sp³-hybridized carbons (Fsp3) is 0.588. The Balaban J connectivity index is 1.89. The Bertz CT molecular complexity index is 788. The molecule has 1 aliphatic carbocycles. The summed E-state index contributed by atoms with van der Waals surface area (Å²) in [6, 6.07) is 2.24. The molecule has 0 aromatic carbocycles. The van der Waals surface area contributed by atoms with E-state index in [-0.39, 0.29) is 12.3 Å². The van der Waals surface area contributed by atoms with Gasteiger partial charge in [-0.1, -0.05) is 0 Å². The van der Waals surface area contributed by atoms with E-state index in [1.165, 1.54) is 0 Å². The summed E-state index contributed by atoms with van der Waals surface area (Å²) in [6.45, 7) is 1.45. The van der Waals surface area contributed by atoms with E-state index in [0.29, 0.717) is 12.6 Å². The van der Waals surface area contributed by atoms with Gasteiger partial charge in [-0.3, -0.25) is 19.1 Å². The minimum atomic E-state index is 0.0189. The van der Waals surface area contributed by atoms with Gasteiger partial charge in [-0.2, -0.15) is 0 Å². The Hall–Kier alpha value is -2.15. The number of aliphatic hydroxyl groups excluding tert-OH is 1. The van der Waals surface area contributed by atoms with Crippen LogP contribution in [0.2, 0.25) is 0 Å². The second kappa shape index (κ2) is 7.17. The van der Waals surface area contributed by atoms with Crippen molar-refractivity contribution in [2.24, 2.45) is 4.99 Å². The van der Waals surface area contributed by atoms with E-state index in [1.54, 1.807) is 24.0 Å². The average molecular weight is 331 g/mol. The zero-order valence-corrected chi connectivity index (χ0v) is 14.4. The number of aromatic nitrogens is 3. The molecular weight excluding hydrogens is 306 g/mol. The molecule has 2 heterocycles. The van der Waals surface area contributed by atoms with Crippen molar-refractivity contribution in [2.45, 2.75) is 38.3 Å². The van der Waals surface area contributed by atoms with Crippen LogP contribution in [-0.2, 0) is 6.54 Å². The first-order valence-electron chi connectivity index (χ1n) is 8.49. The molecule has 0 amide bonds. The molecule has 3 rings (SSSR count). The summed E-state index contributed by atoms with van der Waals surface area (Å²) in [7, 11) is 3.73.